The Kier molecular flexibility index (Phi) is 8.55. The van der Waals surface area contributed by atoms with Crippen LogP contribution in [0.3, 0.4) is 0 Å². The van der Waals surface area contributed by atoms with Crippen molar-refractivity contribution in [3.8, 4) is 11.5 Å². The maximum Gasteiger partial charge on any atom is 0.416 e. The van der Waals surface area contributed by atoms with Crippen molar-refractivity contribution in [1.29, 1.82) is 0 Å². The standard InChI is InChI=1S/C24H25F3N2O5/c1-32-22-12-16(14-28-19(9-10-30)20-6-3-11-33-20)7-8-21(22)34-15-23(31)29-18-5-2-4-17(13-18)24(25,26)27/h2-8,11-13,19,28,30H,9-10,14-15H2,1H3,(H,29,31). The molecule has 10 heteroatoms. The van der Waals surface area contributed by atoms with E-state index in [2.05, 4.69) is 10.6 Å². The molecule has 0 aliphatic rings. The minimum Gasteiger partial charge on any atom is -0.493 e. The lowest BCUT2D eigenvalue weighted by atomic mass is 10.1. The van der Waals surface area contributed by atoms with E-state index in [1.54, 1.807) is 30.5 Å². The summed E-state index contributed by atoms with van der Waals surface area (Å²) in [4.78, 5) is 12.2. The first-order chi connectivity index (χ1) is 16.3. The summed E-state index contributed by atoms with van der Waals surface area (Å²) < 4.78 is 54.8. The number of aliphatic hydroxyl groups excluding tert-OH is 1. The molecule has 3 aromatic rings. The summed E-state index contributed by atoms with van der Waals surface area (Å²) in [5.74, 6) is 0.802. The van der Waals surface area contributed by atoms with Gasteiger partial charge in [-0.25, -0.2) is 0 Å². The number of nitrogens with one attached hydrogen (secondary N) is 2. The monoisotopic (exact) mass is 478 g/mol. The molecule has 1 atom stereocenters. The van der Waals surface area contributed by atoms with Gasteiger partial charge >= 0.3 is 6.18 Å². The second-order valence-electron chi connectivity index (χ2n) is 7.36. The quantitative estimate of drug-likeness (QED) is 0.375. The van der Waals surface area contributed by atoms with Gasteiger partial charge in [-0.1, -0.05) is 12.1 Å². The fourth-order valence-electron chi connectivity index (χ4n) is 3.26. The van der Waals surface area contributed by atoms with E-state index in [0.29, 0.717) is 30.2 Å². The highest BCUT2D eigenvalue weighted by molar-refractivity contribution is 5.92. The summed E-state index contributed by atoms with van der Waals surface area (Å²) in [7, 11) is 1.46. The van der Waals surface area contributed by atoms with Crippen LogP contribution in [0.5, 0.6) is 11.5 Å². The van der Waals surface area contributed by atoms with Crippen LogP contribution < -0.4 is 20.1 Å². The third-order valence-electron chi connectivity index (χ3n) is 4.92. The van der Waals surface area contributed by atoms with Gasteiger partial charge in [0.25, 0.3) is 5.91 Å². The van der Waals surface area contributed by atoms with Crippen LogP contribution in [0.15, 0.2) is 65.3 Å². The van der Waals surface area contributed by atoms with Gasteiger partial charge in [0.1, 0.15) is 5.76 Å². The van der Waals surface area contributed by atoms with E-state index in [1.807, 2.05) is 6.07 Å². The maximum absolute atomic E-state index is 12.8. The van der Waals surface area contributed by atoms with Gasteiger partial charge in [0.15, 0.2) is 18.1 Å². The largest absolute Gasteiger partial charge is 0.493 e. The molecule has 2 aromatic carbocycles. The van der Waals surface area contributed by atoms with Crippen LogP contribution in [0.2, 0.25) is 0 Å². The number of amides is 1. The number of hydrogen-bond acceptors (Lipinski definition) is 6. The second-order valence-corrected chi connectivity index (χ2v) is 7.36. The van der Waals surface area contributed by atoms with Gasteiger partial charge in [-0.05, 0) is 54.4 Å². The summed E-state index contributed by atoms with van der Waals surface area (Å²) >= 11 is 0. The van der Waals surface area contributed by atoms with Gasteiger partial charge in [0.05, 0.1) is 25.0 Å². The highest BCUT2D eigenvalue weighted by atomic mass is 19.4. The third-order valence-corrected chi connectivity index (χ3v) is 4.92. The topological polar surface area (TPSA) is 93.0 Å². The highest BCUT2D eigenvalue weighted by Crippen LogP contribution is 2.31. The molecule has 0 bridgehead atoms. The summed E-state index contributed by atoms with van der Waals surface area (Å²) in [6, 6.07) is 13.0. The van der Waals surface area contributed by atoms with Crippen LogP contribution in [-0.2, 0) is 17.5 Å². The van der Waals surface area contributed by atoms with E-state index >= 15 is 0 Å². The van der Waals surface area contributed by atoms with Gasteiger partial charge in [0.2, 0.25) is 0 Å². The lowest BCUT2D eigenvalue weighted by Gasteiger charge is -2.17. The summed E-state index contributed by atoms with van der Waals surface area (Å²) in [6.45, 7) is 0.0380. The number of alkyl halides is 3. The molecular weight excluding hydrogens is 453 g/mol. The Hall–Kier alpha value is -3.50. The number of furan rings is 1. The molecular formula is C24H25F3N2O5. The molecule has 34 heavy (non-hydrogen) atoms. The first-order valence-electron chi connectivity index (χ1n) is 10.4. The first-order valence-corrected chi connectivity index (χ1v) is 10.4. The molecule has 1 aromatic heterocycles. The average Bonchev–Trinajstić information content (AvgIpc) is 3.35. The average molecular weight is 478 g/mol. The first kappa shape index (κ1) is 25.1. The zero-order valence-electron chi connectivity index (χ0n) is 18.4. The molecule has 3 N–H and O–H groups in total. The van der Waals surface area contributed by atoms with Crippen LogP contribution in [0.4, 0.5) is 18.9 Å². The Morgan fingerprint density at radius 3 is 2.62 bits per heavy atom. The molecule has 0 spiro atoms. The molecule has 1 heterocycles. The molecule has 0 saturated carbocycles. The maximum atomic E-state index is 12.8. The number of aliphatic hydroxyl groups is 1. The van der Waals surface area contributed by atoms with E-state index in [1.165, 1.54) is 19.2 Å². The molecule has 1 unspecified atom stereocenters. The Labute approximate surface area is 194 Å². The fourth-order valence-corrected chi connectivity index (χ4v) is 3.26. The van der Waals surface area contributed by atoms with Crippen molar-refractivity contribution in [1.82, 2.24) is 5.32 Å². The molecule has 3 rings (SSSR count). The predicted octanol–water partition coefficient (Wildman–Crippen LogP) is 4.54. The van der Waals surface area contributed by atoms with E-state index in [-0.39, 0.29) is 18.3 Å². The highest BCUT2D eigenvalue weighted by Gasteiger charge is 2.30. The van der Waals surface area contributed by atoms with Crippen LogP contribution in [0.1, 0.15) is 29.3 Å². The zero-order chi connectivity index (χ0) is 24.6. The summed E-state index contributed by atoms with van der Waals surface area (Å²) in [6.07, 6.45) is -2.45. The zero-order valence-corrected chi connectivity index (χ0v) is 18.4. The van der Waals surface area contributed by atoms with Crippen molar-refractivity contribution >= 4 is 11.6 Å². The number of benzene rings is 2. The number of carbonyl (C=O) groups excluding carboxylic acids is 1. The van der Waals surface area contributed by atoms with Gasteiger partial charge in [-0.3, -0.25) is 4.79 Å². The number of rotatable bonds is 11. The molecule has 182 valence electrons. The van der Waals surface area contributed by atoms with E-state index in [9.17, 15) is 23.1 Å². The molecule has 0 radical (unpaired) electrons. The van der Waals surface area contributed by atoms with E-state index in [0.717, 1.165) is 17.7 Å². The van der Waals surface area contributed by atoms with E-state index in [4.69, 9.17) is 13.9 Å². The molecule has 0 fully saturated rings. The summed E-state index contributed by atoms with van der Waals surface area (Å²) in [5, 5.41) is 15.0. The fraction of sp³-hybridized carbons (Fsp3) is 0.292. The number of methoxy groups -OCH3 is 1. The predicted molar refractivity (Wildman–Crippen MR) is 119 cm³/mol. The number of carbonyl (C=O) groups is 1. The lowest BCUT2D eigenvalue weighted by Crippen LogP contribution is -2.22. The van der Waals surface area contributed by atoms with Crippen molar-refractivity contribution in [2.45, 2.75) is 25.2 Å². The Bertz CT molecular complexity index is 1070. The number of halogens is 3. The lowest BCUT2D eigenvalue weighted by molar-refractivity contribution is -0.137. The number of hydrogen-bond donors (Lipinski definition) is 3. The van der Waals surface area contributed by atoms with Crippen molar-refractivity contribution in [3.05, 3.63) is 77.7 Å². The Morgan fingerprint density at radius 1 is 1.12 bits per heavy atom. The molecule has 1 amide bonds. The molecule has 0 aliphatic heterocycles. The minimum atomic E-state index is -4.50. The smallest absolute Gasteiger partial charge is 0.416 e. The SMILES string of the molecule is COc1cc(CNC(CCO)c2ccco2)ccc1OCC(=O)Nc1cccc(C(F)(F)F)c1. The van der Waals surface area contributed by atoms with Crippen LogP contribution in [0.25, 0.3) is 0 Å². The van der Waals surface area contributed by atoms with Crippen LogP contribution in [-0.4, -0.2) is 31.3 Å². The van der Waals surface area contributed by atoms with Crippen molar-refractivity contribution in [3.63, 3.8) is 0 Å². The van der Waals surface area contributed by atoms with Crippen molar-refractivity contribution in [2.24, 2.45) is 0 Å². The minimum absolute atomic E-state index is 0.00295. The summed E-state index contributed by atoms with van der Waals surface area (Å²) in [5.41, 5.74) is 0.0308. The normalized spacial score (nSPS) is 12.3. The van der Waals surface area contributed by atoms with Crippen LogP contribution in [0, 0.1) is 0 Å². The van der Waals surface area contributed by atoms with Crippen LogP contribution >= 0.6 is 0 Å². The van der Waals surface area contributed by atoms with Gasteiger partial charge in [0, 0.05) is 18.8 Å². The molecule has 0 saturated heterocycles. The second kappa shape index (κ2) is 11.6. The Morgan fingerprint density at radius 2 is 1.94 bits per heavy atom. The third kappa shape index (κ3) is 7.00. The van der Waals surface area contributed by atoms with Crippen molar-refractivity contribution < 1.29 is 37.0 Å². The van der Waals surface area contributed by atoms with Gasteiger partial charge < -0.3 is 29.6 Å². The Balaban J connectivity index is 1.57. The number of anilines is 1. The van der Waals surface area contributed by atoms with Crippen molar-refractivity contribution in [2.75, 3.05) is 25.6 Å². The van der Waals surface area contributed by atoms with Gasteiger partial charge in [-0.15, -0.1) is 0 Å². The molecule has 0 aliphatic carbocycles. The van der Waals surface area contributed by atoms with Gasteiger partial charge in [-0.2, -0.15) is 13.2 Å². The van der Waals surface area contributed by atoms with E-state index < -0.39 is 24.3 Å². The molecule has 7 nitrogen and oxygen atoms in total. The number of ether oxygens (including phenoxy) is 2.